The van der Waals surface area contributed by atoms with Crippen molar-refractivity contribution in [2.45, 2.75) is 13.1 Å². The molecular formula is C19H22N8O. The number of nitrogens with one attached hydrogen (secondary N) is 2. The highest BCUT2D eigenvalue weighted by Gasteiger charge is 2.16. The fourth-order valence-electron chi connectivity index (χ4n) is 2.80. The Morgan fingerprint density at radius 2 is 1.39 bits per heavy atom. The van der Waals surface area contributed by atoms with Gasteiger partial charge >= 0.3 is 0 Å². The Kier molecular flexibility index (Phi) is 5.83. The molecule has 144 valence electrons. The second-order valence-electron chi connectivity index (χ2n) is 6.31. The standard InChI is InChI=1S/C19H22N8O/c1-3-15(11-20-5-1)13-22-17-24-18(23-14-16-4-2-6-21-12-16)26-19(25-17)27-7-9-28-10-8-27/h1-6,11-12H,7-10,13-14H2,(H2,22,23,24,25,26). The Hall–Kier alpha value is -3.33. The lowest BCUT2D eigenvalue weighted by molar-refractivity contribution is 0.122. The molecule has 9 heteroatoms. The number of anilines is 3. The van der Waals surface area contributed by atoms with Crippen LogP contribution in [0.15, 0.2) is 49.1 Å². The molecule has 1 fully saturated rings. The van der Waals surface area contributed by atoms with Gasteiger partial charge in [0.2, 0.25) is 17.8 Å². The summed E-state index contributed by atoms with van der Waals surface area (Å²) < 4.78 is 5.43. The largest absolute Gasteiger partial charge is 0.378 e. The quantitative estimate of drug-likeness (QED) is 0.636. The molecule has 0 aliphatic carbocycles. The monoisotopic (exact) mass is 378 g/mol. The number of morpholine rings is 1. The van der Waals surface area contributed by atoms with Crippen molar-refractivity contribution < 1.29 is 4.74 Å². The van der Waals surface area contributed by atoms with Gasteiger partial charge in [-0.3, -0.25) is 9.97 Å². The molecule has 1 aliphatic rings. The molecule has 0 spiro atoms. The van der Waals surface area contributed by atoms with Crippen molar-refractivity contribution in [2.24, 2.45) is 0 Å². The van der Waals surface area contributed by atoms with Crippen LogP contribution in [-0.2, 0) is 17.8 Å². The first-order valence-corrected chi connectivity index (χ1v) is 9.21. The van der Waals surface area contributed by atoms with Gasteiger partial charge in [-0.25, -0.2) is 0 Å². The topological polar surface area (TPSA) is 101 Å². The predicted octanol–water partition coefficient (Wildman–Crippen LogP) is 1.72. The summed E-state index contributed by atoms with van der Waals surface area (Å²) in [5, 5.41) is 6.53. The molecule has 0 saturated carbocycles. The number of hydrogen-bond acceptors (Lipinski definition) is 9. The van der Waals surface area contributed by atoms with E-state index in [0.29, 0.717) is 44.1 Å². The Morgan fingerprint density at radius 1 is 0.821 bits per heavy atom. The van der Waals surface area contributed by atoms with E-state index < -0.39 is 0 Å². The Bertz CT molecular complexity index is 810. The van der Waals surface area contributed by atoms with Crippen LogP contribution >= 0.6 is 0 Å². The van der Waals surface area contributed by atoms with Crippen molar-refractivity contribution >= 4 is 17.8 Å². The normalized spacial score (nSPS) is 13.9. The van der Waals surface area contributed by atoms with E-state index in [4.69, 9.17) is 4.74 Å². The maximum atomic E-state index is 5.43. The molecule has 4 rings (SSSR count). The highest BCUT2D eigenvalue weighted by Crippen LogP contribution is 2.16. The smallest absolute Gasteiger partial charge is 0.232 e. The highest BCUT2D eigenvalue weighted by molar-refractivity contribution is 5.44. The van der Waals surface area contributed by atoms with Crippen molar-refractivity contribution in [2.75, 3.05) is 41.8 Å². The second-order valence-corrected chi connectivity index (χ2v) is 6.31. The molecule has 3 aromatic rings. The maximum absolute atomic E-state index is 5.43. The summed E-state index contributed by atoms with van der Waals surface area (Å²) in [5.74, 6) is 1.68. The van der Waals surface area contributed by atoms with Crippen LogP contribution in [0.3, 0.4) is 0 Å². The van der Waals surface area contributed by atoms with Gasteiger partial charge in [-0.1, -0.05) is 12.1 Å². The average molecular weight is 378 g/mol. The number of aromatic nitrogens is 5. The zero-order valence-electron chi connectivity index (χ0n) is 15.5. The van der Waals surface area contributed by atoms with Crippen LogP contribution in [0.25, 0.3) is 0 Å². The van der Waals surface area contributed by atoms with E-state index in [0.717, 1.165) is 24.2 Å². The van der Waals surface area contributed by atoms with Gasteiger partial charge < -0.3 is 20.3 Å². The van der Waals surface area contributed by atoms with Crippen molar-refractivity contribution in [3.63, 3.8) is 0 Å². The first kappa shape index (κ1) is 18.1. The molecule has 0 aromatic carbocycles. The van der Waals surface area contributed by atoms with Crippen LogP contribution in [0.4, 0.5) is 17.8 Å². The number of rotatable bonds is 7. The lowest BCUT2D eigenvalue weighted by atomic mass is 10.3. The highest BCUT2D eigenvalue weighted by atomic mass is 16.5. The molecule has 28 heavy (non-hydrogen) atoms. The molecule has 0 radical (unpaired) electrons. The van der Waals surface area contributed by atoms with Crippen molar-refractivity contribution in [3.8, 4) is 0 Å². The van der Waals surface area contributed by atoms with Gasteiger partial charge in [0.05, 0.1) is 13.2 Å². The van der Waals surface area contributed by atoms with Crippen molar-refractivity contribution in [3.05, 3.63) is 60.2 Å². The SMILES string of the molecule is c1cncc(CNc2nc(NCc3cccnc3)nc(N3CCOCC3)n2)c1. The summed E-state index contributed by atoms with van der Waals surface area (Å²) in [6.07, 6.45) is 7.14. The van der Waals surface area contributed by atoms with Gasteiger partial charge in [0.25, 0.3) is 0 Å². The Morgan fingerprint density at radius 3 is 1.89 bits per heavy atom. The fourth-order valence-corrected chi connectivity index (χ4v) is 2.80. The second kappa shape index (κ2) is 9.05. The van der Waals surface area contributed by atoms with Crippen LogP contribution < -0.4 is 15.5 Å². The molecule has 4 heterocycles. The zero-order chi connectivity index (χ0) is 19.0. The molecule has 0 amide bonds. The van der Waals surface area contributed by atoms with E-state index in [1.165, 1.54) is 0 Å². The van der Waals surface area contributed by atoms with Gasteiger partial charge in [0.1, 0.15) is 0 Å². The first-order valence-electron chi connectivity index (χ1n) is 9.21. The molecule has 9 nitrogen and oxygen atoms in total. The third-order valence-electron chi connectivity index (χ3n) is 4.26. The van der Waals surface area contributed by atoms with E-state index >= 15 is 0 Å². The number of pyridine rings is 2. The summed E-state index contributed by atoms with van der Waals surface area (Å²) in [6.45, 7) is 4.03. The maximum Gasteiger partial charge on any atom is 0.232 e. The third-order valence-corrected chi connectivity index (χ3v) is 4.26. The van der Waals surface area contributed by atoms with Gasteiger partial charge in [-0.15, -0.1) is 0 Å². The minimum Gasteiger partial charge on any atom is -0.378 e. The van der Waals surface area contributed by atoms with Crippen LogP contribution in [-0.4, -0.2) is 51.2 Å². The van der Waals surface area contributed by atoms with Crippen LogP contribution in [0.1, 0.15) is 11.1 Å². The minimum atomic E-state index is 0.522. The molecule has 2 N–H and O–H groups in total. The molecule has 1 aliphatic heterocycles. The Labute approximate surface area is 163 Å². The predicted molar refractivity (Wildman–Crippen MR) is 106 cm³/mol. The number of nitrogens with zero attached hydrogens (tertiary/aromatic N) is 6. The van der Waals surface area contributed by atoms with Gasteiger partial charge in [-0.2, -0.15) is 15.0 Å². The van der Waals surface area contributed by atoms with E-state index in [9.17, 15) is 0 Å². The average Bonchev–Trinajstić information content (AvgIpc) is 2.78. The lowest BCUT2D eigenvalue weighted by Crippen LogP contribution is -2.37. The zero-order valence-corrected chi connectivity index (χ0v) is 15.5. The van der Waals surface area contributed by atoms with E-state index in [-0.39, 0.29) is 0 Å². The summed E-state index contributed by atoms with van der Waals surface area (Å²) in [4.78, 5) is 24.1. The van der Waals surface area contributed by atoms with Gasteiger partial charge in [0.15, 0.2) is 0 Å². The summed E-state index contributed by atoms with van der Waals surface area (Å²) >= 11 is 0. The molecule has 0 atom stereocenters. The third kappa shape index (κ3) is 4.89. The molecule has 3 aromatic heterocycles. The van der Waals surface area contributed by atoms with Crippen LogP contribution in [0, 0.1) is 0 Å². The number of ether oxygens (including phenoxy) is 1. The van der Waals surface area contributed by atoms with Gasteiger partial charge in [-0.05, 0) is 23.3 Å². The number of hydrogen-bond donors (Lipinski definition) is 2. The Balaban J connectivity index is 1.51. The van der Waals surface area contributed by atoms with E-state index in [1.54, 1.807) is 12.4 Å². The summed E-state index contributed by atoms with van der Waals surface area (Å²) in [7, 11) is 0. The molecule has 0 bridgehead atoms. The van der Waals surface area contributed by atoms with Gasteiger partial charge in [0, 0.05) is 51.0 Å². The van der Waals surface area contributed by atoms with E-state index in [1.807, 2.05) is 36.7 Å². The lowest BCUT2D eigenvalue weighted by Gasteiger charge is -2.27. The van der Waals surface area contributed by atoms with Crippen molar-refractivity contribution in [1.82, 2.24) is 24.9 Å². The molecule has 0 unspecified atom stereocenters. The van der Waals surface area contributed by atoms with Crippen molar-refractivity contribution in [1.29, 1.82) is 0 Å². The van der Waals surface area contributed by atoms with Crippen LogP contribution in [0.2, 0.25) is 0 Å². The minimum absolute atomic E-state index is 0.522. The summed E-state index contributed by atoms with van der Waals surface area (Å²) in [5.41, 5.74) is 2.11. The molecular weight excluding hydrogens is 356 g/mol. The van der Waals surface area contributed by atoms with Crippen LogP contribution in [0.5, 0.6) is 0 Å². The molecule has 1 saturated heterocycles. The summed E-state index contributed by atoms with van der Waals surface area (Å²) in [6, 6.07) is 7.83. The van der Waals surface area contributed by atoms with E-state index in [2.05, 4.69) is 40.5 Å². The fraction of sp³-hybridized carbons (Fsp3) is 0.316. The first-order chi connectivity index (χ1) is 13.9.